The summed E-state index contributed by atoms with van der Waals surface area (Å²) in [4.78, 5) is 24.7. The maximum atomic E-state index is 12.5. The van der Waals surface area contributed by atoms with Crippen LogP contribution in [0.4, 0.5) is 0 Å². The van der Waals surface area contributed by atoms with Crippen LogP contribution in [0.1, 0.15) is 99.8 Å². The number of hydrogen-bond acceptors (Lipinski definition) is 6. The molecule has 208 valence electrons. The van der Waals surface area contributed by atoms with E-state index in [0.717, 1.165) is 31.3 Å². The summed E-state index contributed by atoms with van der Waals surface area (Å²) < 4.78 is 5.84. The standard InChI is InChI=1S/C31H48O6.Na/c1-17(2)9-8-10-20(28(35)36)26-22-15-24(34)27-29(5)13-12-23(33)18(3)21(29)11-14-30(27,6)31(22,7)16-25(26)37-19(4)32;/h9,18,21-25,27,33-34H,8,10-16H2,1-7H3,(H,35,36);/q;+1/p-1/b26-20-;/t18-,21-,22+,23+,24?,25?,27?,29+,30-,31-;/m1./s1. The van der Waals surface area contributed by atoms with Crippen molar-refractivity contribution >= 4 is 11.9 Å². The van der Waals surface area contributed by atoms with Crippen molar-refractivity contribution in [3.63, 3.8) is 0 Å². The van der Waals surface area contributed by atoms with E-state index in [4.69, 9.17) is 4.74 Å². The second-order valence-electron chi connectivity index (χ2n) is 13.6. The van der Waals surface area contributed by atoms with Crippen LogP contribution in [0.3, 0.4) is 0 Å². The fourth-order valence-electron chi connectivity index (χ4n) is 9.78. The van der Waals surface area contributed by atoms with Crippen molar-refractivity contribution in [1.82, 2.24) is 0 Å². The van der Waals surface area contributed by atoms with Gasteiger partial charge >= 0.3 is 35.5 Å². The van der Waals surface area contributed by atoms with Crippen LogP contribution in [-0.2, 0) is 14.3 Å². The number of carboxylic acids is 1. The normalized spacial score (nSPS) is 45.0. The molecule has 10 atom stereocenters. The molecule has 4 saturated carbocycles. The van der Waals surface area contributed by atoms with Crippen LogP contribution in [0, 0.1) is 39.9 Å². The Morgan fingerprint density at radius 3 is 2.29 bits per heavy atom. The molecule has 0 aromatic carbocycles. The molecule has 0 amide bonds. The van der Waals surface area contributed by atoms with Crippen molar-refractivity contribution in [3.8, 4) is 0 Å². The molecule has 4 aliphatic carbocycles. The quantitative estimate of drug-likeness (QED) is 0.237. The maximum absolute atomic E-state index is 12.5. The van der Waals surface area contributed by atoms with E-state index in [2.05, 4.69) is 27.7 Å². The van der Waals surface area contributed by atoms with Gasteiger partial charge in [0.1, 0.15) is 6.10 Å². The number of carboxylic acid groups (broad SMARTS) is 1. The van der Waals surface area contributed by atoms with E-state index in [9.17, 15) is 24.9 Å². The predicted octanol–water partition coefficient (Wildman–Crippen LogP) is 1.34. The van der Waals surface area contributed by atoms with E-state index in [1.54, 1.807) is 0 Å². The minimum atomic E-state index is -1.20. The summed E-state index contributed by atoms with van der Waals surface area (Å²) in [5.41, 5.74) is 1.31. The van der Waals surface area contributed by atoms with Crippen LogP contribution in [-0.4, -0.2) is 40.5 Å². The number of esters is 1. The Labute approximate surface area is 251 Å². The molecule has 0 aliphatic heterocycles. The minimum absolute atomic E-state index is 0. The number of carbonyl (C=O) groups is 2. The number of fused-ring (bicyclic) bond motifs is 5. The largest absolute Gasteiger partial charge is 1.00 e. The van der Waals surface area contributed by atoms with Crippen LogP contribution in [0.25, 0.3) is 0 Å². The van der Waals surface area contributed by atoms with Gasteiger partial charge in [-0.3, -0.25) is 4.79 Å². The Kier molecular flexibility index (Phi) is 9.49. The molecule has 0 spiro atoms. The third-order valence-electron chi connectivity index (χ3n) is 11.6. The number of rotatable bonds is 5. The first-order valence-corrected chi connectivity index (χ1v) is 14.3. The van der Waals surface area contributed by atoms with Gasteiger partial charge < -0.3 is 24.9 Å². The first-order chi connectivity index (χ1) is 17.2. The van der Waals surface area contributed by atoms with E-state index in [0.29, 0.717) is 37.2 Å². The van der Waals surface area contributed by atoms with Gasteiger partial charge in [-0.2, -0.15) is 0 Å². The second kappa shape index (κ2) is 11.3. The molecule has 4 rings (SSSR count). The van der Waals surface area contributed by atoms with Gasteiger partial charge in [0, 0.05) is 6.92 Å². The Bertz CT molecular complexity index is 1000. The first kappa shape index (κ1) is 31.9. The number of allylic oxidation sites excluding steroid dienone is 2. The van der Waals surface area contributed by atoms with Crippen LogP contribution in [0.5, 0.6) is 0 Å². The van der Waals surface area contributed by atoms with Gasteiger partial charge in [-0.25, -0.2) is 0 Å². The monoisotopic (exact) mass is 538 g/mol. The Morgan fingerprint density at radius 2 is 1.71 bits per heavy atom. The zero-order valence-corrected chi connectivity index (χ0v) is 26.8. The number of carbonyl (C=O) groups excluding carboxylic acids is 2. The first-order valence-electron chi connectivity index (χ1n) is 14.3. The van der Waals surface area contributed by atoms with Crippen molar-refractivity contribution in [2.24, 2.45) is 39.9 Å². The molecule has 0 aromatic rings. The van der Waals surface area contributed by atoms with Crippen molar-refractivity contribution in [2.75, 3.05) is 0 Å². The fourth-order valence-corrected chi connectivity index (χ4v) is 9.78. The van der Waals surface area contributed by atoms with Gasteiger partial charge in [0.05, 0.1) is 18.2 Å². The van der Waals surface area contributed by atoms with Crippen molar-refractivity contribution < 1.29 is 59.2 Å². The van der Waals surface area contributed by atoms with Gasteiger partial charge in [0.25, 0.3) is 0 Å². The van der Waals surface area contributed by atoms with Gasteiger partial charge in [-0.1, -0.05) is 39.3 Å². The average molecular weight is 539 g/mol. The maximum Gasteiger partial charge on any atom is 1.00 e. The average Bonchev–Trinajstić information content (AvgIpc) is 3.05. The molecule has 3 unspecified atom stereocenters. The molecular formula is C31H47NaO6. The fraction of sp³-hybridized carbons (Fsp3) is 0.806. The summed E-state index contributed by atoms with van der Waals surface area (Å²) >= 11 is 0. The molecular weight excluding hydrogens is 491 g/mol. The van der Waals surface area contributed by atoms with Gasteiger partial charge in [0.15, 0.2) is 0 Å². The molecule has 0 aromatic heterocycles. The van der Waals surface area contributed by atoms with E-state index < -0.39 is 24.1 Å². The molecule has 6 nitrogen and oxygen atoms in total. The number of ether oxygens (including phenoxy) is 1. The molecule has 2 N–H and O–H groups in total. The van der Waals surface area contributed by atoms with Crippen molar-refractivity contribution in [2.45, 2.75) is 118 Å². The molecule has 0 bridgehead atoms. The molecule has 7 heteroatoms. The Balaban J connectivity index is 0.00000400. The van der Waals surface area contributed by atoms with E-state index >= 15 is 0 Å². The third kappa shape index (κ3) is 5.00. The summed E-state index contributed by atoms with van der Waals surface area (Å²) in [5.74, 6) is -1.25. The molecule has 0 heterocycles. The SMILES string of the molecule is CC(=O)OC1C[C@]2(C)[C@@H](CC(O)C3[C@@]4(C)CC[C@H](O)[C@H](C)[C@H]4CC[C@]32C)/C1=C(\CCC=C(C)C)C(=O)[O-].[Na+]. The Hall–Kier alpha value is -0.660. The summed E-state index contributed by atoms with van der Waals surface area (Å²) in [6.45, 7) is 14.4. The number of aliphatic carboxylic acids is 1. The summed E-state index contributed by atoms with van der Waals surface area (Å²) in [6, 6.07) is 0. The smallest absolute Gasteiger partial charge is 0.545 e. The molecule has 0 radical (unpaired) electrons. The molecule has 38 heavy (non-hydrogen) atoms. The molecule has 4 fully saturated rings. The topological polar surface area (TPSA) is 107 Å². The third-order valence-corrected chi connectivity index (χ3v) is 11.6. The van der Waals surface area contributed by atoms with Crippen molar-refractivity contribution in [3.05, 3.63) is 22.8 Å². The molecule has 4 aliphatic rings. The summed E-state index contributed by atoms with van der Waals surface area (Å²) in [7, 11) is 0. The van der Waals surface area contributed by atoms with Crippen LogP contribution >= 0.6 is 0 Å². The van der Waals surface area contributed by atoms with E-state index in [-0.39, 0.29) is 75.2 Å². The van der Waals surface area contributed by atoms with Gasteiger partial charge in [0.2, 0.25) is 0 Å². The predicted molar refractivity (Wildman–Crippen MR) is 140 cm³/mol. The minimum Gasteiger partial charge on any atom is -0.545 e. The van der Waals surface area contributed by atoms with Crippen LogP contribution in [0.2, 0.25) is 0 Å². The van der Waals surface area contributed by atoms with Crippen LogP contribution < -0.4 is 34.7 Å². The van der Waals surface area contributed by atoms with E-state index in [1.807, 2.05) is 19.9 Å². The van der Waals surface area contributed by atoms with E-state index in [1.165, 1.54) is 6.92 Å². The zero-order chi connectivity index (χ0) is 27.5. The number of aliphatic hydroxyl groups is 2. The van der Waals surface area contributed by atoms with Gasteiger partial charge in [-0.05, 0) is 116 Å². The summed E-state index contributed by atoms with van der Waals surface area (Å²) in [5, 5.41) is 35.0. The van der Waals surface area contributed by atoms with Crippen LogP contribution in [0.15, 0.2) is 22.8 Å². The Morgan fingerprint density at radius 1 is 1.05 bits per heavy atom. The summed E-state index contributed by atoms with van der Waals surface area (Å²) in [6.07, 6.45) is 5.92. The number of hydrogen-bond donors (Lipinski definition) is 2. The zero-order valence-electron chi connectivity index (χ0n) is 24.8. The van der Waals surface area contributed by atoms with Gasteiger partial charge in [-0.15, -0.1) is 0 Å². The van der Waals surface area contributed by atoms with Crippen molar-refractivity contribution in [1.29, 1.82) is 0 Å². The second-order valence-corrected chi connectivity index (χ2v) is 13.6. The number of aliphatic hydroxyl groups excluding tert-OH is 2. The molecule has 0 saturated heterocycles.